The molecule has 1 saturated heterocycles. The number of halogens is 3. The van der Waals surface area contributed by atoms with Gasteiger partial charge in [-0.15, -0.1) is 0 Å². The molecule has 1 fully saturated rings. The number of nitrogens with zero attached hydrogens (tertiary/aromatic N) is 3. The van der Waals surface area contributed by atoms with Crippen molar-refractivity contribution in [3.05, 3.63) is 46.7 Å². The highest BCUT2D eigenvalue weighted by Crippen LogP contribution is 2.34. The zero-order valence-corrected chi connectivity index (χ0v) is 14.2. The molecule has 2 atom stereocenters. The average Bonchev–Trinajstić information content (AvgIpc) is 3.03. The molecule has 0 saturated carbocycles. The molecule has 1 aliphatic rings. The summed E-state index contributed by atoms with van der Waals surface area (Å²) < 4.78 is 28.2. The molecule has 0 radical (unpaired) electrons. The van der Waals surface area contributed by atoms with Crippen LogP contribution >= 0.6 is 11.6 Å². The Labute approximate surface area is 147 Å². The molecule has 3 rings (SSSR count). The predicted molar refractivity (Wildman–Crippen MR) is 87.1 cm³/mol. The van der Waals surface area contributed by atoms with Crippen molar-refractivity contribution in [2.45, 2.75) is 5.92 Å². The number of hydrogen-bond acceptors (Lipinski definition) is 3. The summed E-state index contributed by atoms with van der Waals surface area (Å²) in [6.45, 7) is 0.288. The van der Waals surface area contributed by atoms with Crippen LogP contribution in [0.25, 0.3) is 0 Å². The Morgan fingerprint density at radius 3 is 2.64 bits per heavy atom. The quantitative estimate of drug-likeness (QED) is 0.844. The minimum absolute atomic E-state index is 0.188. The van der Waals surface area contributed by atoms with Crippen LogP contribution in [0.3, 0.4) is 0 Å². The van der Waals surface area contributed by atoms with E-state index in [-0.39, 0.29) is 12.2 Å². The molecule has 2 amide bonds. The Balaban J connectivity index is 1.88. The van der Waals surface area contributed by atoms with E-state index in [0.717, 1.165) is 12.1 Å². The third-order valence-electron chi connectivity index (χ3n) is 4.21. The molecule has 25 heavy (non-hydrogen) atoms. The normalized spacial score (nSPS) is 20.2. The van der Waals surface area contributed by atoms with Crippen molar-refractivity contribution >= 4 is 29.1 Å². The molecule has 0 aliphatic carbocycles. The van der Waals surface area contributed by atoms with Crippen molar-refractivity contribution in [2.75, 3.05) is 18.9 Å². The maximum atomic E-state index is 13.8. The SMILES string of the molecule is CN1CC(c2cc(Cl)n(C)n2)C(C(=O)Nc2ccc(F)cc2F)C1=O. The molecule has 2 heterocycles. The second-order valence-corrected chi connectivity index (χ2v) is 6.32. The molecule has 0 spiro atoms. The number of rotatable bonds is 3. The summed E-state index contributed by atoms with van der Waals surface area (Å²) in [6, 6.07) is 4.39. The van der Waals surface area contributed by atoms with E-state index < -0.39 is 35.3 Å². The van der Waals surface area contributed by atoms with Gasteiger partial charge in [0.05, 0.1) is 11.4 Å². The van der Waals surface area contributed by atoms with Crippen molar-refractivity contribution in [1.29, 1.82) is 0 Å². The highest BCUT2D eigenvalue weighted by Gasteiger charge is 2.45. The standard InChI is InChI=1S/C16H15ClF2N4O2/c1-22-7-9(12-6-13(17)23(2)21-12)14(16(22)25)15(24)20-11-4-3-8(18)5-10(11)19/h3-6,9,14H,7H2,1-2H3,(H,20,24). The second kappa shape index (κ2) is 6.44. The van der Waals surface area contributed by atoms with Gasteiger partial charge in [-0.05, 0) is 18.2 Å². The van der Waals surface area contributed by atoms with Gasteiger partial charge in [-0.2, -0.15) is 5.10 Å². The number of carbonyl (C=O) groups excluding carboxylic acids is 2. The summed E-state index contributed by atoms with van der Waals surface area (Å²) in [5.41, 5.74) is 0.316. The fourth-order valence-electron chi connectivity index (χ4n) is 2.91. The Hall–Kier alpha value is -2.48. The fourth-order valence-corrected chi connectivity index (χ4v) is 3.06. The number of carbonyl (C=O) groups is 2. The third kappa shape index (κ3) is 3.21. The highest BCUT2D eigenvalue weighted by atomic mass is 35.5. The van der Waals surface area contributed by atoms with Crippen LogP contribution in [0.1, 0.15) is 11.6 Å². The lowest BCUT2D eigenvalue weighted by molar-refractivity contribution is -0.135. The van der Waals surface area contributed by atoms with E-state index in [1.807, 2.05) is 0 Å². The monoisotopic (exact) mass is 368 g/mol. The molecule has 2 aromatic rings. The van der Waals surface area contributed by atoms with Crippen LogP contribution in [0.15, 0.2) is 24.3 Å². The predicted octanol–water partition coefficient (Wildman–Crippen LogP) is 2.16. The van der Waals surface area contributed by atoms with Crippen LogP contribution in [-0.4, -0.2) is 40.1 Å². The number of nitrogens with one attached hydrogen (secondary N) is 1. The number of likely N-dealkylation sites (tertiary alicyclic amines) is 1. The van der Waals surface area contributed by atoms with Crippen molar-refractivity contribution in [3.63, 3.8) is 0 Å². The molecule has 9 heteroatoms. The Kier molecular flexibility index (Phi) is 4.47. The van der Waals surface area contributed by atoms with Gasteiger partial charge in [0.2, 0.25) is 11.8 Å². The number of hydrogen-bond donors (Lipinski definition) is 1. The van der Waals surface area contributed by atoms with E-state index in [1.165, 1.54) is 9.58 Å². The van der Waals surface area contributed by atoms with Gasteiger partial charge in [0.25, 0.3) is 0 Å². The van der Waals surface area contributed by atoms with Crippen molar-refractivity contribution in [2.24, 2.45) is 13.0 Å². The zero-order valence-electron chi connectivity index (χ0n) is 13.5. The number of likely N-dealkylation sites (N-methyl/N-ethyl adjacent to an activating group) is 1. The van der Waals surface area contributed by atoms with Gasteiger partial charge in [0, 0.05) is 32.6 Å². The largest absolute Gasteiger partial charge is 0.344 e. The molecule has 2 unspecified atom stereocenters. The van der Waals surface area contributed by atoms with Gasteiger partial charge in [-0.1, -0.05) is 11.6 Å². The summed E-state index contributed by atoms with van der Waals surface area (Å²) >= 11 is 5.99. The molecule has 1 aromatic carbocycles. The minimum atomic E-state index is -1.07. The second-order valence-electron chi connectivity index (χ2n) is 5.93. The average molecular weight is 369 g/mol. The van der Waals surface area contributed by atoms with E-state index >= 15 is 0 Å². The summed E-state index contributed by atoms with van der Waals surface area (Å²) in [6.07, 6.45) is 0. The maximum absolute atomic E-state index is 13.8. The maximum Gasteiger partial charge on any atom is 0.237 e. The molecular formula is C16H15ClF2N4O2. The van der Waals surface area contributed by atoms with Crippen LogP contribution in [0.4, 0.5) is 14.5 Å². The van der Waals surface area contributed by atoms with E-state index in [0.29, 0.717) is 16.9 Å². The zero-order chi connectivity index (χ0) is 18.3. The van der Waals surface area contributed by atoms with E-state index in [1.54, 1.807) is 20.2 Å². The smallest absolute Gasteiger partial charge is 0.237 e. The lowest BCUT2D eigenvalue weighted by atomic mass is 9.91. The molecule has 1 aromatic heterocycles. The lowest BCUT2D eigenvalue weighted by Gasteiger charge is -2.15. The topological polar surface area (TPSA) is 67.2 Å². The molecule has 1 N–H and O–H groups in total. The fraction of sp³-hybridized carbons (Fsp3) is 0.312. The number of aryl methyl sites for hydroxylation is 1. The number of aromatic nitrogens is 2. The van der Waals surface area contributed by atoms with Gasteiger partial charge in [-0.3, -0.25) is 14.3 Å². The first-order valence-corrected chi connectivity index (χ1v) is 7.86. The molecule has 1 aliphatic heterocycles. The number of amides is 2. The van der Waals surface area contributed by atoms with E-state index in [2.05, 4.69) is 10.4 Å². The number of anilines is 1. The summed E-state index contributed by atoms with van der Waals surface area (Å²) in [4.78, 5) is 26.4. The highest BCUT2D eigenvalue weighted by molar-refractivity contribution is 6.29. The number of benzene rings is 1. The molecule has 6 nitrogen and oxygen atoms in total. The summed E-state index contributed by atoms with van der Waals surface area (Å²) in [5.74, 6) is -4.32. The first-order valence-electron chi connectivity index (χ1n) is 7.48. The van der Waals surface area contributed by atoms with Gasteiger partial charge in [0.15, 0.2) is 0 Å². The van der Waals surface area contributed by atoms with Crippen LogP contribution in [0.2, 0.25) is 5.15 Å². The van der Waals surface area contributed by atoms with E-state index in [9.17, 15) is 18.4 Å². The lowest BCUT2D eigenvalue weighted by Crippen LogP contribution is -2.33. The Bertz CT molecular complexity index is 835. The molecule has 132 valence electrons. The van der Waals surface area contributed by atoms with Crippen LogP contribution in [-0.2, 0) is 16.6 Å². The third-order valence-corrected chi connectivity index (χ3v) is 4.56. The van der Waals surface area contributed by atoms with Crippen LogP contribution < -0.4 is 5.32 Å². The van der Waals surface area contributed by atoms with Crippen LogP contribution in [0, 0.1) is 17.6 Å². The summed E-state index contributed by atoms with van der Waals surface area (Å²) in [5, 5.41) is 6.96. The van der Waals surface area contributed by atoms with Gasteiger partial charge >= 0.3 is 0 Å². The van der Waals surface area contributed by atoms with Crippen molar-refractivity contribution in [3.8, 4) is 0 Å². The minimum Gasteiger partial charge on any atom is -0.344 e. The van der Waals surface area contributed by atoms with Crippen LogP contribution in [0.5, 0.6) is 0 Å². The summed E-state index contributed by atoms with van der Waals surface area (Å²) in [7, 11) is 3.22. The van der Waals surface area contributed by atoms with Crippen molar-refractivity contribution in [1.82, 2.24) is 14.7 Å². The Morgan fingerprint density at radius 1 is 1.32 bits per heavy atom. The first kappa shape index (κ1) is 17.3. The first-order chi connectivity index (χ1) is 11.8. The van der Waals surface area contributed by atoms with E-state index in [4.69, 9.17) is 11.6 Å². The Morgan fingerprint density at radius 2 is 2.04 bits per heavy atom. The molecular weight excluding hydrogens is 354 g/mol. The van der Waals surface area contributed by atoms with Gasteiger partial charge in [-0.25, -0.2) is 8.78 Å². The van der Waals surface area contributed by atoms with Crippen molar-refractivity contribution < 1.29 is 18.4 Å². The van der Waals surface area contributed by atoms with Gasteiger partial charge in [0.1, 0.15) is 22.7 Å². The molecule has 0 bridgehead atoms. The van der Waals surface area contributed by atoms with Gasteiger partial charge < -0.3 is 10.2 Å².